The maximum atomic E-state index is 6.16. The van der Waals surface area contributed by atoms with Crippen molar-refractivity contribution in [3.8, 4) is 11.8 Å². The van der Waals surface area contributed by atoms with Crippen LogP contribution >= 0.6 is 0 Å². The third kappa shape index (κ3) is 4.24. The molecule has 17 heavy (non-hydrogen) atoms. The number of hydrogen-bond acceptors (Lipinski definition) is 2. The fourth-order valence-corrected chi connectivity index (χ4v) is 1.67. The first-order chi connectivity index (χ1) is 7.83. The highest BCUT2D eigenvalue weighted by molar-refractivity contribution is 5.23. The molecule has 0 aliphatic heterocycles. The second kappa shape index (κ2) is 5.37. The van der Waals surface area contributed by atoms with Crippen LogP contribution in [0.5, 0.6) is 0 Å². The van der Waals surface area contributed by atoms with Crippen LogP contribution in [0, 0.1) is 17.3 Å². The number of nitrogens with two attached hydrogens (primary N) is 1. The van der Waals surface area contributed by atoms with Crippen LogP contribution < -0.4 is 5.73 Å². The first-order valence-electron chi connectivity index (χ1n) is 6.11. The summed E-state index contributed by atoms with van der Waals surface area (Å²) in [5.41, 5.74) is 8.41. The SMILES string of the molecule is CCc1nn(C)cc1C(N)CC#CC(C)(C)C. The van der Waals surface area contributed by atoms with E-state index in [1.807, 2.05) is 17.9 Å². The van der Waals surface area contributed by atoms with Crippen molar-refractivity contribution < 1.29 is 0 Å². The van der Waals surface area contributed by atoms with Crippen LogP contribution in [0.4, 0.5) is 0 Å². The lowest BCUT2D eigenvalue weighted by Crippen LogP contribution is -2.11. The van der Waals surface area contributed by atoms with Gasteiger partial charge in [0.15, 0.2) is 0 Å². The number of aromatic nitrogens is 2. The molecule has 1 heterocycles. The van der Waals surface area contributed by atoms with E-state index in [4.69, 9.17) is 5.73 Å². The maximum absolute atomic E-state index is 6.16. The minimum Gasteiger partial charge on any atom is -0.323 e. The Balaban J connectivity index is 2.75. The monoisotopic (exact) mass is 233 g/mol. The molecule has 1 atom stereocenters. The van der Waals surface area contributed by atoms with Crippen LogP contribution in [0.3, 0.4) is 0 Å². The van der Waals surface area contributed by atoms with Crippen LogP contribution in [0.1, 0.15) is 51.4 Å². The van der Waals surface area contributed by atoms with Gasteiger partial charge in [0.2, 0.25) is 0 Å². The summed E-state index contributed by atoms with van der Waals surface area (Å²) in [5.74, 6) is 6.38. The van der Waals surface area contributed by atoms with E-state index in [9.17, 15) is 0 Å². The molecule has 0 aromatic carbocycles. The predicted molar refractivity (Wildman–Crippen MR) is 71.4 cm³/mol. The first kappa shape index (κ1) is 13.8. The number of nitrogens with zero attached hydrogens (tertiary/aromatic N) is 2. The molecule has 2 N–H and O–H groups in total. The van der Waals surface area contributed by atoms with Gasteiger partial charge in [-0.3, -0.25) is 4.68 Å². The average molecular weight is 233 g/mol. The van der Waals surface area contributed by atoms with Crippen LogP contribution in [0.15, 0.2) is 6.20 Å². The summed E-state index contributed by atoms with van der Waals surface area (Å²) in [6.45, 7) is 8.41. The van der Waals surface area contributed by atoms with Gasteiger partial charge in [-0.2, -0.15) is 5.10 Å². The van der Waals surface area contributed by atoms with Gasteiger partial charge in [0.05, 0.1) is 5.69 Å². The molecule has 0 bridgehead atoms. The van der Waals surface area contributed by atoms with E-state index in [1.165, 1.54) is 0 Å². The fraction of sp³-hybridized carbons (Fsp3) is 0.643. The van der Waals surface area contributed by atoms with E-state index < -0.39 is 0 Å². The standard InChI is InChI=1S/C14H23N3/c1-6-13-11(10-17(5)16-13)12(15)8-7-9-14(2,3)4/h10,12H,6,8,15H2,1-5H3. The molecule has 3 heteroatoms. The molecule has 94 valence electrons. The summed E-state index contributed by atoms with van der Waals surface area (Å²) in [6, 6.07) is -0.0338. The Bertz CT molecular complexity index is 427. The topological polar surface area (TPSA) is 43.8 Å². The normalized spacial score (nSPS) is 13.1. The lowest BCUT2D eigenvalue weighted by atomic mass is 9.97. The van der Waals surface area contributed by atoms with Crippen LogP contribution in [0.25, 0.3) is 0 Å². The van der Waals surface area contributed by atoms with Crippen LogP contribution in [-0.4, -0.2) is 9.78 Å². The summed E-state index contributed by atoms with van der Waals surface area (Å²) in [4.78, 5) is 0. The third-order valence-electron chi connectivity index (χ3n) is 2.46. The molecular weight excluding hydrogens is 210 g/mol. The van der Waals surface area contributed by atoms with Crippen molar-refractivity contribution in [2.24, 2.45) is 18.2 Å². The van der Waals surface area contributed by atoms with Gasteiger partial charge in [-0.25, -0.2) is 0 Å². The molecule has 0 amide bonds. The van der Waals surface area contributed by atoms with Crippen molar-refractivity contribution in [2.45, 2.75) is 46.6 Å². The van der Waals surface area contributed by atoms with E-state index in [1.54, 1.807) is 0 Å². The zero-order chi connectivity index (χ0) is 13.1. The Morgan fingerprint density at radius 2 is 2.12 bits per heavy atom. The van der Waals surface area contributed by atoms with Crippen LogP contribution in [-0.2, 0) is 13.5 Å². The molecule has 0 spiro atoms. The summed E-state index contributed by atoms with van der Waals surface area (Å²) in [7, 11) is 1.93. The molecule has 0 aliphatic carbocycles. The second-order valence-electron chi connectivity index (χ2n) is 5.42. The maximum Gasteiger partial charge on any atom is 0.0669 e. The number of aryl methyl sites for hydroxylation is 2. The predicted octanol–water partition coefficient (Wildman–Crippen LogP) is 2.42. The van der Waals surface area contributed by atoms with E-state index in [0.717, 1.165) is 17.7 Å². The molecular formula is C14H23N3. The largest absolute Gasteiger partial charge is 0.323 e. The highest BCUT2D eigenvalue weighted by atomic mass is 15.3. The second-order valence-corrected chi connectivity index (χ2v) is 5.42. The zero-order valence-corrected chi connectivity index (χ0v) is 11.5. The lowest BCUT2D eigenvalue weighted by molar-refractivity contribution is 0.569. The first-order valence-corrected chi connectivity index (χ1v) is 6.11. The summed E-state index contributed by atoms with van der Waals surface area (Å²) in [5, 5.41) is 4.40. The quantitative estimate of drug-likeness (QED) is 0.815. The Labute approximate surface area is 104 Å². The molecule has 0 fully saturated rings. The van der Waals surface area contributed by atoms with Crippen molar-refractivity contribution in [3.05, 3.63) is 17.5 Å². The molecule has 1 aromatic rings. The van der Waals surface area contributed by atoms with E-state index in [2.05, 4.69) is 44.6 Å². The summed E-state index contributed by atoms with van der Waals surface area (Å²) < 4.78 is 1.82. The molecule has 0 saturated heterocycles. The third-order valence-corrected chi connectivity index (χ3v) is 2.46. The van der Waals surface area contributed by atoms with E-state index in [0.29, 0.717) is 6.42 Å². The number of hydrogen-bond donors (Lipinski definition) is 1. The van der Waals surface area contributed by atoms with Gasteiger partial charge in [-0.1, -0.05) is 12.8 Å². The van der Waals surface area contributed by atoms with Gasteiger partial charge in [0, 0.05) is 36.7 Å². The van der Waals surface area contributed by atoms with Gasteiger partial charge >= 0.3 is 0 Å². The van der Waals surface area contributed by atoms with E-state index in [-0.39, 0.29) is 11.5 Å². The Morgan fingerprint density at radius 1 is 1.47 bits per heavy atom. The average Bonchev–Trinajstić information content (AvgIpc) is 2.57. The Morgan fingerprint density at radius 3 is 2.65 bits per heavy atom. The number of rotatable bonds is 3. The zero-order valence-electron chi connectivity index (χ0n) is 11.5. The molecule has 0 aliphatic rings. The Hall–Kier alpha value is -1.27. The van der Waals surface area contributed by atoms with Gasteiger partial charge in [-0.05, 0) is 27.2 Å². The van der Waals surface area contributed by atoms with Crippen molar-refractivity contribution in [1.29, 1.82) is 0 Å². The molecule has 0 radical (unpaired) electrons. The molecule has 1 aromatic heterocycles. The molecule has 1 unspecified atom stereocenters. The molecule has 0 saturated carbocycles. The van der Waals surface area contributed by atoms with Crippen molar-refractivity contribution in [3.63, 3.8) is 0 Å². The van der Waals surface area contributed by atoms with Crippen molar-refractivity contribution >= 4 is 0 Å². The molecule has 3 nitrogen and oxygen atoms in total. The highest BCUT2D eigenvalue weighted by Crippen LogP contribution is 2.18. The molecule has 1 rings (SSSR count). The minimum atomic E-state index is -0.0338. The van der Waals surface area contributed by atoms with Crippen molar-refractivity contribution in [2.75, 3.05) is 0 Å². The Kier molecular flexibility index (Phi) is 4.36. The van der Waals surface area contributed by atoms with Gasteiger partial charge in [0.25, 0.3) is 0 Å². The lowest BCUT2D eigenvalue weighted by Gasteiger charge is -2.09. The van der Waals surface area contributed by atoms with E-state index >= 15 is 0 Å². The van der Waals surface area contributed by atoms with Gasteiger partial charge in [0.1, 0.15) is 0 Å². The van der Waals surface area contributed by atoms with Gasteiger partial charge < -0.3 is 5.73 Å². The van der Waals surface area contributed by atoms with Gasteiger partial charge in [-0.15, -0.1) is 5.92 Å². The van der Waals surface area contributed by atoms with Crippen LogP contribution in [0.2, 0.25) is 0 Å². The fourth-order valence-electron chi connectivity index (χ4n) is 1.67. The highest BCUT2D eigenvalue weighted by Gasteiger charge is 2.13. The smallest absolute Gasteiger partial charge is 0.0669 e. The van der Waals surface area contributed by atoms with Crippen molar-refractivity contribution in [1.82, 2.24) is 9.78 Å². The summed E-state index contributed by atoms with van der Waals surface area (Å²) >= 11 is 0. The summed E-state index contributed by atoms with van der Waals surface area (Å²) in [6.07, 6.45) is 3.61. The minimum absolute atomic E-state index is 0.0338.